The van der Waals surface area contributed by atoms with Crippen LogP contribution in [0.4, 0.5) is 0 Å². The second-order valence-electron chi connectivity index (χ2n) is 1.83. The van der Waals surface area contributed by atoms with Crippen LogP contribution in [-0.2, 0) is 21.1 Å². The van der Waals surface area contributed by atoms with Crippen molar-refractivity contribution in [1.82, 2.24) is 0 Å². The first kappa shape index (κ1) is 23.6. The van der Waals surface area contributed by atoms with Crippen LogP contribution >= 0.6 is 0 Å². The van der Waals surface area contributed by atoms with E-state index in [-0.39, 0.29) is 21.1 Å². The van der Waals surface area contributed by atoms with E-state index in [4.69, 9.17) is 0 Å². The van der Waals surface area contributed by atoms with Gasteiger partial charge < -0.3 is 0 Å². The van der Waals surface area contributed by atoms with Crippen molar-refractivity contribution in [3.8, 4) is 0 Å². The third-order valence-corrected chi connectivity index (χ3v) is 0.556. The van der Waals surface area contributed by atoms with E-state index < -0.39 is 0 Å². The van der Waals surface area contributed by atoms with E-state index in [1.54, 1.807) is 0 Å². The standard InChI is InChI=1S/C5H5.3C3H5.Pt/c1-2-4-5-3-1;3*1-3-2;/h1-5H;3*3H,1-2H2;/q4*-1;+4. The van der Waals surface area contributed by atoms with Crippen molar-refractivity contribution in [3.05, 3.63) is 89.1 Å². The summed E-state index contributed by atoms with van der Waals surface area (Å²) in [5.74, 6) is 0. The molecular formula is C14H20Pt. The largest absolute Gasteiger partial charge is 4.00 e. The minimum atomic E-state index is 0. The number of allylic oxidation sites excluding steroid dienone is 3. The molecule has 1 heteroatoms. The summed E-state index contributed by atoms with van der Waals surface area (Å²) in [7, 11) is 0. The predicted molar refractivity (Wildman–Crippen MR) is 68.7 cm³/mol. The first-order chi connectivity index (χ1) is 6.74. The third kappa shape index (κ3) is 102. The second kappa shape index (κ2) is 38.4. The van der Waals surface area contributed by atoms with Crippen molar-refractivity contribution in [2.24, 2.45) is 0 Å². The van der Waals surface area contributed by atoms with Crippen LogP contribution < -0.4 is 0 Å². The van der Waals surface area contributed by atoms with Crippen LogP contribution in [0, 0.1) is 20.8 Å². The van der Waals surface area contributed by atoms with Gasteiger partial charge in [-0.05, 0) is 0 Å². The molecule has 1 aromatic rings. The molecule has 0 saturated carbocycles. The van der Waals surface area contributed by atoms with Gasteiger partial charge in [0.05, 0.1) is 0 Å². The Morgan fingerprint density at radius 3 is 1.07 bits per heavy atom. The topological polar surface area (TPSA) is 0 Å². The zero-order chi connectivity index (χ0) is 11.7. The molecule has 15 heavy (non-hydrogen) atoms. The zero-order valence-corrected chi connectivity index (χ0v) is 11.4. The average molecular weight is 383 g/mol. The Kier molecular flexibility index (Phi) is 60.4. The predicted octanol–water partition coefficient (Wildman–Crippen LogP) is 4.42. The van der Waals surface area contributed by atoms with Crippen molar-refractivity contribution in [2.45, 2.75) is 0 Å². The molecule has 0 aromatic heterocycles. The number of hydrogen-bond donors (Lipinski definition) is 0. The monoisotopic (exact) mass is 383 g/mol. The van der Waals surface area contributed by atoms with Gasteiger partial charge in [-0.3, -0.25) is 0 Å². The van der Waals surface area contributed by atoms with Crippen molar-refractivity contribution in [2.75, 3.05) is 0 Å². The molecule has 0 aliphatic rings. The summed E-state index contributed by atoms with van der Waals surface area (Å²) in [6.45, 7) is 19.5. The van der Waals surface area contributed by atoms with Gasteiger partial charge in [-0.1, -0.05) is 0 Å². The molecule has 0 nitrogen and oxygen atoms in total. The van der Waals surface area contributed by atoms with Gasteiger partial charge in [0.15, 0.2) is 0 Å². The van der Waals surface area contributed by atoms with E-state index >= 15 is 0 Å². The molecule has 0 radical (unpaired) electrons. The van der Waals surface area contributed by atoms with Gasteiger partial charge in [-0.2, -0.15) is 18.2 Å². The fraction of sp³-hybridized carbons (Fsp3) is 0. The molecule has 0 unspecified atom stereocenters. The fourth-order valence-corrected chi connectivity index (χ4v) is 0.321. The molecule has 0 N–H and O–H groups in total. The molecule has 0 heterocycles. The Bertz CT molecular complexity index is 142. The molecule has 1 rings (SSSR count). The van der Waals surface area contributed by atoms with Gasteiger partial charge in [0.25, 0.3) is 0 Å². The molecule has 0 bridgehead atoms. The van der Waals surface area contributed by atoms with Gasteiger partial charge in [0.1, 0.15) is 0 Å². The minimum absolute atomic E-state index is 0. The van der Waals surface area contributed by atoms with Gasteiger partial charge in [0, 0.05) is 0 Å². The molecular weight excluding hydrogens is 363 g/mol. The van der Waals surface area contributed by atoms with Crippen LogP contribution in [0.25, 0.3) is 0 Å². The van der Waals surface area contributed by atoms with Crippen LogP contribution in [-0.4, -0.2) is 0 Å². The molecule has 86 valence electrons. The summed E-state index contributed by atoms with van der Waals surface area (Å²) in [5, 5.41) is 0. The molecule has 0 aliphatic heterocycles. The summed E-state index contributed by atoms with van der Waals surface area (Å²) in [5.41, 5.74) is 0. The Hall–Kier alpha value is -1.13. The summed E-state index contributed by atoms with van der Waals surface area (Å²) in [4.78, 5) is 0. The van der Waals surface area contributed by atoms with Gasteiger partial charge >= 0.3 is 21.1 Å². The Labute approximate surface area is 110 Å². The number of hydrogen-bond acceptors (Lipinski definition) is 0. The van der Waals surface area contributed by atoms with E-state index in [0.29, 0.717) is 0 Å². The Balaban J connectivity index is -0.0000000550. The van der Waals surface area contributed by atoms with E-state index in [1.165, 1.54) is 18.2 Å². The van der Waals surface area contributed by atoms with Crippen LogP contribution in [0.5, 0.6) is 0 Å². The van der Waals surface area contributed by atoms with Crippen molar-refractivity contribution in [3.63, 3.8) is 0 Å². The van der Waals surface area contributed by atoms with Crippen LogP contribution in [0.2, 0.25) is 0 Å². The molecule has 0 amide bonds. The molecule has 0 saturated heterocycles. The third-order valence-electron chi connectivity index (χ3n) is 0.556. The van der Waals surface area contributed by atoms with Crippen molar-refractivity contribution in [1.29, 1.82) is 0 Å². The fourth-order valence-electron chi connectivity index (χ4n) is 0.321. The Morgan fingerprint density at radius 2 is 1.00 bits per heavy atom. The average Bonchev–Trinajstić information content (AvgIpc) is 2.63. The van der Waals surface area contributed by atoms with E-state index in [1.807, 2.05) is 30.3 Å². The summed E-state index contributed by atoms with van der Waals surface area (Å²) in [6.07, 6.45) is 4.50. The summed E-state index contributed by atoms with van der Waals surface area (Å²) < 4.78 is 0. The van der Waals surface area contributed by atoms with Crippen LogP contribution in [0.1, 0.15) is 0 Å². The SMILES string of the molecule is C=C[CH2-].C=C[CH2-].C=C[CH2-].[Pt+4].c1cc[cH-]c1. The quantitative estimate of drug-likeness (QED) is 0.582. The van der Waals surface area contributed by atoms with E-state index in [9.17, 15) is 0 Å². The van der Waals surface area contributed by atoms with E-state index in [0.717, 1.165) is 0 Å². The van der Waals surface area contributed by atoms with Gasteiger partial charge in [-0.25, -0.2) is 70.9 Å². The van der Waals surface area contributed by atoms with Gasteiger partial charge in [-0.15, -0.1) is 0 Å². The van der Waals surface area contributed by atoms with Crippen LogP contribution in [0.3, 0.4) is 0 Å². The number of rotatable bonds is 0. The first-order valence-corrected chi connectivity index (χ1v) is 4.12. The first-order valence-electron chi connectivity index (χ1n) is 4.12. The Morgan fingerprint density at radius 1 is 0.800 bits per heavy atom. The smallest absolute Gasteiger partial charge is 0.245 e. The molecule has 0 aliphatic carbocycles. The summed E-state index contributed by atoms with van der Waals surface area (Å²) in [6, 6.07) is 10.0. The van der Waals surface area contributed by atoms with Crippen LogP contribution in [0.15, 0.2) is 68.3 Å². The van der Waals surface area contributed by atoms with Crippen molar-refractivity contribution >= 4 is 0 Å². The zero-order valence-electron chi connectivity index (χ0n) is 9.18. The molecule has 0 spiro atoms. The molecule has 1 aromatic carbocycles. The van der Waals surface area contributed by atoms with Crippen molar-refractivity contribution < 1.29 is 21.1 Å². The van der Waals surface area contributed by atoms with Gasteiger partial charge in [0.2, 0.25) is 0 Å². The normalized spacial score (nSPS) is 5.07. The maximum Gasteiger partial charge on any atom is 4.00 e. The minimum Gasteiger partial charge on any atom is -0.245 e. The summed E-state index contributed by atoms with van der Waals surface area (Å²) >= 11 is 0. The molecule has 0 atom stereocenters. The molecule has 0 fully saturated rings. The maximum absolute atomic E-state index is 3.25. The maximum atomic E-state index is 3.25. The second-order valence-corrected chi connectivity index (χ2v) is 1.83. The van der Waals surface area contributed by atoms with E-state index in [2.05, 4.69) is 40.5 Å².